The number of carbonyl (C=O) groups is 1. The van der Waals surface area contributed by atoms with Crippen LogP contribution >= 0.6 is 15.9 Å². The van der Waals surface area contributed by atoms with E-state index in [4.69, 9.17) is 23.7 Å². The summed E-state index contributed by atoms with van der Waals surface area (Å²) in [6, 6.07) is 14.7. The Bertz CT molecular complexity index is 1240. The second-order valence-electron chi connectivity index (χ2n) is 8.29. The summed E-state index contributed by atoms with van der Waals surface area (Å²) in [6.07, 6.45) is 1.52. The average molecular weight is 511 g/mol. The maximum atomic E-state index is 12.9. The maximum Gasteiger partial charge on any atom is 0.343 e. The van der Waals surface area contributed by atoms with Crippen molar-refractivity contribution in [1.29, 1.82) is 0 Å². The number of fused-ring (bicyclic) bond motifs is 3. The Kier molecular flexibility index (Phi) is 5.44. The molecule has 5 rings (SSSR count). The molecule has 33 heavy (non-hydrogen) atoms. The molecule has 1 aliphatic heterocycles. The highest BCUT2D eigenvalue weighted by Crippen LogP contribution is 2.53. The van der Waals surface area contributed by atoms with Gasteiger partial charge in [0, 0.05) is 27.6 Å². The first-order chi connectivity index (χ1) is 16.0. The van der Waals surface area contributed by atoms with Gasteiger partial charge >= 0.3 is 5.97 Å². The molecule has 1 atom stereocenters. The maximum absolute atomic E-state index is 12.9. The summed E-state index contributed by atoms with van der Waals surface area (Å²) in [5.41, 5.74) is 3.49. The minimum Gasteiger partial charge on any atom is -0.496 e. The van der Waals surface area contributed by atoms with Crippen LogP contribution in [0.1, 0.15) is 27.0 Å². The predicted molar refractivity (Wildman–Crippen MR) is 126 cm³/mol. The molecule has 0 saturated carbocycles. The molecule has 2 aliphatic rings. The SMILES string of the molecule is COc1cc2c(c(OC(=O)c3ccc(Br)cc3)c1)CC1(CO2)Cc2cc(OC)c(OC)cc21. The number of rotatable bonds is 5. The molecule has 0 saturated heterocycles. The average Bonchev–Trinajstić information content (AvgIpc) is 2.83. The lowest BCUT2D eigenvalue weighted by Gasteiger charge is -2.47. The molecule has 7 heteroatoms. The fraction of sp³-hybridized carbons (Fsp3) is 0.269. The van der Waals surface area contributed by atoms with Crippen molar-refractivity contribution in [1.82, 2.24) is 0 Å². The van der Waals surface area contributed by atoms with Crippen LogP contribution in [0.2, 0.25) is 0 Å². The lowest BCUT2D eigenvalue weighted by molar-refractivity contribution is 0.0727. The van der Waals surface area contributed by atoms with Gasteiger partial charge in [0.05, 0.1) is 33.5 Å². The van der Waals surface area contributed by atoms with E-state index in [1.54, 1.807) is 39.5 Å². The van der Waals surface area contributed by atoms with Crippen LogP contribution in [-0.2, 0) is 18.3 Å². The summed E-state index contributed by atoms with van der Waals surface area (Å²) in [5, 5.41) is 0. The third kappa shape index (κ3) is 3.70. The van der Waals surface area contributed by atoms with E-state index >= 15 is 0 Å². The van der Waals surface area contributed by atoms with Gasteiger partial charge in [-0.1, -0.05) is 15.9 Å². The molecule has 0 fully saturated rings. The van der Waals surface area contributed by atoms with E-state index in [1.165, 1.54) is 11.1 Å². The molecule has 0 aromatic heterocycles. The van der Waals surface area contributed by atoms with E-state index in [0.717, 1.165) is 22.2 Å². The third-order valence-corrected chi connectivity index (χ3v) is 6.92. The minimum absolute atomic E-state index is 0.213. The second kappa shape index (κ2) is 8.30. The topological polar surface area (TPSA) is 63.2 Å². The molecule has 1 unspecified atom stereocenters. The first-order valence-corrected chi connectivity index (χ1v) is 11.3. The highest BCUT2D eigenvalue weighted by Gasteiger charge is 2.48. The van der Waals surface area contributed by atoms with Crippen LogP contribution in [0.15, 0.2) is 53.0 Å². The molecule has 6 nitrogen and oxygen atoms in total. The number of esters is 1. The van der Waals surface area contributed by atoms with E-state index in [-0.39, 0.29) is 5.41 Å². The van der Waals surface area contributed by atoms with Gasteiger partial charge in [0.25, 0.3) is 0 Å². The van der Waals surface area contributed by atoms with Crippen molar-refractivity contribution >= 4 is 21.9 Å². The molecule has 0 bridgehead atoms. The third-order valence-electron chi connectivity index (χ3n) is 6.39. The number of methoxy groups -OCH3 is 3. The van der Waals surface area contributed by atoms with E-state index < -0.39 is 5.97 Å². The van der Waals surface area contributed by atoms with Gasteiger partial charge < -0.3 is 23.7 Å². The van der Waals surface area contributed by atoms with Crippen molar-refractivity contribution in [2.24, 2.45) is 0 Å². The van der Waals surface area contributed by atoms with Gasteiger partial charge in [-0.25, -0.2) is 4.79 Å². The Balaban J connectivity index is 1.50. The quantitative estimate of drug-likeness (QED) is 0.350. The lowest BCUT2D eigenvalue weighted by Crippen LogP contribution is -2.48. The summed E-state index contributed by atoms with van der Waals surface area (Å²) < 4.78 is 29.3. The van der Waals surface area contributed by atoms with Crippen LogP contribution in [0.25, 0.3) is 0 Å². The highest BCUT2D eigenvalue weighted by molar-refractivity contribution is 9.10. The fourth-order valence-corrected chi connectivity index (χ4v) is 4.92. The zero-order valence-electron chi connectivity index (χ0n) is 18.6. The van der Waals surface area contributed by atoms with Crippen LogP contribution in [0.4, 0.5) is 0 Å². The van der Waals surface area contributed by atoms with Crippen LogP contribution in [0, 0.1) is 0 Å². The largest absolute Gasteiger partial charge is 0.496 e. The normalized spacial score (nSPS) is 17.8. The van der Waals surface area contributed by atoms with Crippen molar-refractivity contribution in [2.45, 2.75) is 18.3 Å². The molecule has 1 heterocycles. The molecule has 1 spiro atoms. The molecule has 0 amide bonds. The number of hydrogen-bond donors (Lipinski definition) is 0. The standard InChI is InChI=1S/C26H23BrO6/c1-29-18-9-21-19(22(10-18)33-25(28)15-4-6-17(27)7-5-15)13-26(14-32-21)12-16-8-23(30-2)24(31-3)11-20(16)26/h4-11H,12-14H2,1-3H3. The summed E-state index contributed by atoms with van der Waals surface area (Å²) in [4.78, 5) is 12.9. The fourth-order valence-electron chi connectivity index (χ4n) is 4.66. The smallest absolute Gasteiger partial charge is 0.343 e. The number of ether oxygens (including phenoxy) is 5. The van der Waals surface area contributed by atoms with Gasteiger partial charge in [0.2, 0.25) is 0 Å². The first kappa shape index (κ1) is 21.6. The Hall–Kier alpha value is -3.19. The van der Waals surface area contributed by atoms with Crippen LogP contribution in [0.3, 0.4) is 0 Å². The number of carbonyl (C=O) groups excluding carboxylic acids is 1. The van der Waals surface area contributed by atoms with Gasteiger partial charge in [0.1, 0.15) is 17.2 Å². The van der Waals surface area contributed by atoms with Gasteiger partial charge in [-0.3, -0.25) is 0 Å². The summed E-state index contributed by atoms with van der Waals surface area (Å²) in [5.74, 6) is 2.68. The van der Waals surface area contributed by atoms with Crippen LogP contribution in [0.5, 0.6) is 28.7 Å². The molecule has 3 aromatic rings. The van der Waals surface area contributed by atoms with Gasteiger partial charge in [-0.2, -0.15) is 0 Å². The zero-order chi connectivity index (χ0) is 23.2. The second-order valence-corrected chi connectivity index (χ2v) is 9.20. The van der Waals surface area contributed by atoms with Gasteiger partial charge in [-0.05, 0) is 60.4 Å². The summed E-state index contributed by atoms with van der Waals surface area (Å²) in [7, 11) is 4.85. The van der Waals surface area contributed by atoms with Crippen molar-refractivity contribution in [3.63, 3.8) is 0 Å². The first-order valence-electron chi connectivity index (χ1n) is 10.5. The van der Waals surface area contributed by atoms with Gasteiger partial charge in [-0.15, -0.1) is 0 Å². The Morgan fingerprint density at radius 1 is 0.909 bits per heavy atom. The molecule has 1 aliphatic carbocycles. The number of benzene rings is 3. The Morgan fingerprint density at radius 3 is 2.33 bits per heavy atom. The van der Waals surface area contributed by atoms with E-state index in [9.17, 15) is 4.79 Å². The van der Waals surface area contributed by atoms with Crippen molar-refractivity contribution in [2.75, 3.05) is 27.9 Å². The van der Waals surface area contributed by atoms with Crippen molar-refractivity contribution in [3.8, 4) is 28.7 Å². The number of hydrogen-bond acceptors (Lipinski definition) is 6. The Morgan fingerprint density at radius 2 is 1.64 bits per heavy atom. The van der Waals surface area contributed by atoms with Crippen LogP contribution in [-0.4, -0.2) is 33.9 Å². The summed E-state index contributed by atoms with van der Waals surface area (Å²) in [6.45, 7) is 0.524. The van der Waals surface area contributed by atoms with E-state index in [2.05, 4.69) is 15.9 Å². The van der Waals surface area contributed by atoms with E-state index in [1.807, 2.05) is 30.3 Å². The van der Waals surface area contributed by atoms with Crippen molar-refractivity contribution < 1.29 is 28.5 Å². The van der Waals surface area contributed by atoms with Crippen molar-refractivity contribution in [3.05, 3.63) is 75.3 Å². The number of halogens is 1. The molecular weight excluding hydrogens is 488 g/mol. The predicted octanol–water partition coefficient (Wildman–Crippen LogP) is 5.12. The molecular formula is C26H23BrO6. The molecule has 3 aromatic carbocycles. The molecule has 0 N–H and O–H groups in total. The molecule has 0 radical (unpaired) electrons. The van der Waals surface area contributed by atoms with E-state index in [0.29, 0.717) is 41.6 Å². The zero-order valence-corrected chi connectivity index (χ0v) is 20.2. The monoisotopic (exact) mass is 510 g/mol. The summed E-state index contributed by atoms with van der Waals surface area (Å²) >= 11 is 3.39. The van der Waals surface area contributed by atoms with Crippen LogP contribution < -0.4 is 23.7 Å². The minimum atomic E-state index is -0.432. The molecule has 170 valence electrons. The Labute approximate surface area is 200 Å². The van der Waals surface area contributed by atoms with Gasteiger partial charge in [0.15, 0.2) is 11.5 Å². The lowest BCUT2D eigenvalue weighted by atomic mass is 9.60. The highest BCUT2D eigenvalue weighted by atomic mass is 79.9.